The molecule has 1 aliphatic rings. The molecule has 0 aromatic rings. The van der Waals surface area contributed by atoms with Crippen LogP contribution in [0, 0.1) is 5.41 Å². The number of carboxylic acid groups (broad SMARTS) is 1. The van der Waals surface area contributed by atoms with Gasteiger partial charge in [0.1, 0.15) is 0 Å². The number of nitrogens with one attached hydrogen (secondary N) is 1. The molecule has 1 fully saturated rings. The van der Waals surface area contributed by atoms with Crippen molar-refractivity contribution >= 4 is 21.8 Å². The second-order valence-electron chi connectivity index (χ2n) is 2.20. The zero-order chi connectivity index (χ0) is 11.4. The smallest absolute Gasteiger partial charge is 0.300 e. The van der Waals surface area contributed by atoms with Gasteiger partial charge in [0, 0.05) is 6.92 Å². The van der Waals surface area contributed by atoms with Crippen LogP contribution in [0.3, 0.4) is 0 Å². The number of carbonyl (C=O) groups is 1. The molecule has 8 heteroatoms. The molecule has 1 aliphatic heterocycles. The molecule has 0 aromatic heterocycles. The number of guanidine groups is 1. The van der Waals surface area contributed by atoms with Gasteiger partial charge in [-0.15, -0.1) is 0 Å². The zero-order valence-corrected chi connectivity index (χ0v) is 10.3. The Morgan fingerprint density at radius 3 is 1.40 bits per heavy atom. The minimum Gasteiger partial charge on any atom is -0.481 e. The first-order valence-corrected chi connectivity index (χ1v) is 3.91. The van der Waals surface area contributed by atoms with Gasteiger partial charge in [-0.25, -0.2) is 0 Å². The van der Waals surface area contributed by atoms with Crippen LogP contribution in [0.15, 0.2) is 0 Å². The maximum Gasteiger partial charge on any atom is 0.300 e. The Kier molecular flexibility index (Phi) is 20.4. The predicted molar refractivity (Wildman–Crippen MR) is 62.2 cm³/mol. The highest BCUT2D eigenvalue weighted by Gasteiger charge is 1.94. The van der Waals surface area contributed by atoms with Crippen LogP contribution >= 0.6 is 9.90 Å². The molecule has 92 valence electrons. The number of rotatable bonds is 0. The summed E-state index contributed by atoms with van der Waals surface area (Å²) in [5.74, 6) is -1.17. The average Bonchev–Trinajstić information content (AvgIpc) is 2.05. The molecular weight excluding hydrogens is 221 g/mol. The van der Waals surface area contributed by atoms with Crippen LogP contribution in [0.1, 0.15) is 6.92 Å². The minimum atomic E-state index is -0.833. The lowest BCUT2D eigenvalue weighted by molar-refractivity contribution is -0.134. The fourth-order valence-corrected chi connectivity index (χ4v) is 0.440. The maximum absolute atomic E-state index is 9.00. The second-order valence-corrected chi connectivity index (χ2v) is 2.20. The summed E-state index contributed by atoms with van der Waals surface area (Å²) in [6, 6.07) is 0. The van der Waals surface area contributed by atoms with Crippen molar-refractivity contribution in [3.05, 3.63) is 0 Å². The van der Waals surface area contributed by atoms with E-state index in [1.54, 1.807) is 0 Å². The highest BCUT2D eigenvalue weighted by Crippen LogP contribution is 1.85. The Labute approximate surface area is 92.2 Å². The first kappa shape index (κ1) is 19.6. The van der Waals surface area contributed by atoms with E-state index < -0.39 is 5.97 Å². The number of carboxylic acids is 1. The average molecular weight is 241 g/mol. The van der Waals surface area contributed by atoms with E-state index in [9.17, 15) is 0 Å². The number of ether oxygens (including phenoxy) is 2. The van der Waals surface area contributed by atoms with Crippen LogP contribution in [-0.2, 0) is 14.3 Å². The topological polar surface area (TPSA) is 132 Å². The fourth-order valence-electron chi connectivity index (χ4n) is 0.440. The van der Waals surface area contributed by atoms with Gasteiger partial charge in [-0.2, -0.15) is 9.90 Å². The van der Waals surface area contributed by atoms with Gasteiger partial charge in [0.15, 0.2) is 5.96 Å². The standard InChI is InChI=1S/C4H8O2.C2H4O2.CH5N3.H3P/c1-2-6-4-3-5-1;1-2(3)4;2-1(3)4;/h1-4H2;1H3,(H,3,4);(H5,2,3,4);1H3. The summed E-state index contributed by atoms with van der Waals surface area (Å²) in [6.07, 6.45) is 0. The predicted octanol–water partition coefficient (Wildman–Crippen LogP) is -0.979. The van der Waals surface area contributed by atoms with Gasteiger partial charge >= 0.3 is 0 Å². The van der Waals surface area contributed by atoms with Crippen LogP contribution in [0.5, 0.6) is 0 Å². The minimum absolute atomic E-state index is 0. The Hall–Kier alpha value is -0.910. The van der Waals surface area contributed by atoms with Crippen LogP contribution in [0.4, 0.5) is 0 Å². The third kappa shape index (κ3) is 62.1. The van der Waals surface area contributed by atoms with Gasteiger partial charge in [-0.05, 0) is 0 Å². The first-order valence-electron chi connectivity index (χ1n) is 3.91. The Balaban J connectivity index is -0.000000145. The molecule has 0 aromatic carbocycles. The van der Waals surface area contributed by atoms with Gasteiger partial charge in [0.25, 0.3) is 5.97 Å². The maximum atomic E-state index is 9.00. The van der Waals surface area contributed by atoms with E-state index in [0.29, 0.717) is 0 Å². The molecule has 0 saturated carbocycles. The van der Waals surface area contributed by atoms with Crippen molar-refractivity contribution in [2.24, 2.45) is 11.5 Å². The van der Waals surface area contributed by atoms with Crippen LogP contribution in [-0.4, -0.2) is 43.5 Å². The zero-order valence-electron chi connectivity index (χ0n) is 8.86. The van der Waals surface area contributed by atoms with E-state index in [2.05, 4.69) is 11.5 Å². The number of hydrogen-bond donors (Lipinski definition) is 4. The van der Waals surface area contributed by atoms with Crippen molar-refractivity contribution in [3.8, 4) is 0 Å². The fraction of sp³-hybridized carbons (Fsp3) is 0.714. The molecule has 1 unspecified atom stereocenters. The van der Waals surface area contributed by atoms with E-state index in [1.807, 2.05) is 0 Å². The molecule has 0 amide bonds. The molecule has 1 saturated heterocycles. The highest BCUT2D eigenvalue weighted by atomic mass is 31.0. The normalized spacial score (nSPS) is 12.9. The van der Waals surface area contributed by atoms with Gasteiger partial charge in [0.2, 0.25) is 0 Å². The van der Waals surface area contributed by atoms with E-state index in [1.165, 1.54) is 0 Å². The molecule has 0 spiro atoms. The largest absolute Gasteiger partial charge is 0.481 e. The van der Waals surface area contributed by atoms with Crippen molar-refractivity contribution in [1.82, 2.24) is 0 Å². The lowest BCUT2D eigenvalue weighted by Gasteiger charge is -2.09. The lowest BCUT2D eigenvalue weighted by Crippen LogP contribution is -2.20. The molecule has 0 bridgehead atoms. The summed E-state index contributed by atoms with van der Waals surface area (Å²) in [4.78, 5) is 9.00. The number of aliphatic carboxylic acids is 1. The molecule has 6 N–H and O–H groups in total. The molecule has 7 nitrogen and oxygen atoms in total. The Bertz CT molecular complexity index is 133. The molecule has 0 radical (unpaired) electrons. The summed E-state index contributed by atoms with van der Waals surface area (Å²) in [6.45, 7) is 4.19. The summed E-state index contributed by atoms with van der Waals surface area (Å²) >= 11 is 0. The Morgan fingerprint density at radius 2 is 1.33 bits per heavy atom. The van der Waals surface area contributed by atoms with Gasteiger partial charge < -0.3 is 26.0 Å². The molecule has 1 heterocycles. The molecule has 15 heavy (non-hydrogen) atoms. The third-order valence-corrected chi connectivity index (χ3v) is 0.744. The first-order chi connectivity index (χ1) is 6.46. The summed E-state index contributed by atoms with van der Waals surface area (Å²) in [5.41, 5.74) is 8.94. The number of nitrogens with two attached hydrogens (primary N) is 2. The summed E-state index contributed by atoms with van der Waals surface area (Å²) in [5, 5.41) is 13.5. The van der Waals surface area contributed by atoms with Crippen molar-refractivity contribution in [3.63, 3.8) is 0 Å². The third-order valence-electron chi connectivity index (χ3n) is 0.744. The quantitative estimate of drug-likeness (QED) is 0.245. The van der Waals surface area contributed by atoms with Crippen LogP contribution < -0.4 is 11.5 Å². The molecule has 0 aliphatic carbocycles. The van der Waals surface area contributed by atoms with Gasteiger partial charge in [-0.3, -0.25) is 10.2 Å². The molecule has 1 rings (SSSR count). The second kappa shape index (κ2) is 15.6. The van der Waals surface area contributed by atoms with Crippen molar-refractivity contribution in [1.29, 1.82) is 5.41 Å². The molecular formula is C7H20N3O4P. The SMILES string of the molecule is C1COCCO1.CC(=O)O.N=C(N)N.P. The van der Waals surface area contributed by atoms with Crippen molar-refractivity contribution < 1.29 is 19.4 Å². The van der Waals surface area contributed by atoms with Crippen LogP contribution in [0.25, 0.3) is 0 Å². The van der Waals surface area contributed by atoms with Gasteiger partial charge in [0.05, 0.1) is 26.4 Å². The van der Waals surface area contributed by atoms with Crippen molar-refractivity contribution in [2.75, 3.05) is 26.4 Å². The van der Waals surface area contributed by atoms with Crippen molar-refractivity contribution in [2.45, 2.75) is 6.92 Å². The number of hydrogen-bond acceptors (Lipinski definition) is 4. The summed E-state index contributed by atoms with van der Waals surface area (Å²) < 4.78 is 9.89. The Morgan fingerprint density at radius 1 is 1.20 bits per heavy atom. The van der Waals surface area contributed by atoms with E-state index in [0.717, 1.165) is 33.4 Å². The van der Waals surface area contributed by atoms with E-state index in [4.69, 9.17) is 24.8 Å². The van der Waals surface area contributed by atoms with Crippen LogP contribution in [0.2, 0.25) is 0 Å². The lowest BCUT2D eigenvalue weighted by atomic mass is 10.6. The molecule has 1 atom stereocenters. The van der Waals surface area contributed by atoms with Gasteiger partial charge in [-0.1, -0.05) is 0 Å². The highest BCUT2D eigenvalue weighted by molar-refractivity contribution is 6.92. The van der Waals surface area contributed by atoms with E-state index >= 15 is 0 Å². The summed E-state index contributed by atoms with van der Waals surface area (Å²) in [7, 11) is 0. The monoisotopic (exact) mass is 241 g/mol. The van der Waals surface area contributed by atoms with E-state index in [-0.39, 0.29) is 15.9 Å².